The third kappa shape index (κ3) is 5.96. The molecule has 166 valence electrons. The van der Waals surface area contributed by atoms with Crippen molar-refractivity contribution < 1.29 is 9.47 Å². The van der Waals surface area contributed by atoms with Gasteiger partial charge in [-0.2, -0.15) is 0 Å². The van der Waals surface area contributed by atoms with Gasteiger partial charge in [-0.25, -0.2) is 4.99 Å². The van der Waals surface area contributed by atoms with Crippen LogP contribution in [0.2, 0.25) is 0 Å². The van der Waals surface area contributed by atoms with Gasteiger partial charge >= 0.3 is 0 Å². The van der Waals surface area contributed by atoms with E-state index in [4.69, 9.17) is 14.5 Å². The van der Waals surface area contributed by atoms with Gasteiger partial charge in [-0.15, -0.1) is 0 Å². The van der Waals surface area contributed by atoms with E-state index in [0.717, 1.165) is 51.6 Å². The van der Waals surface area contributed by atoms with E-state index in [-0.39, 0.29) is 0 Å². The van der Waals surface area contributed by atoms with Gasteiger partial charge in [0, 0.05) is 38.9 Å². The summed E-state index contributed by atoms with van der Waals surface area (Å²) in [4.78, 5) is 10.1. The molecule has 1 aromatic rings. The van der Waals surface area contributed by atoms with Gasteiger partial charge in [0.05, 0.1) is 19.3 Å². The minimum Gasteiger partial charge on any atom is -0.381 e. The van der Waals surface area contributed by atoms with Crippen LogP contribution in [-0.2, 0) is 22.6 Å². The molecule has 0 aliphatic carbocycles. The molecule has 0 aromatic heterocycles. The van der Waals surface area contributed by atoms with Gasteiger partial charge in [-0.1, -0.05) is 24.3 Å². The van der Waals surface area contributed by atoms with Crippen LogP contribution in [0.5, 0.6) is 0 Å². The average Bonchev–Trinajstić information content (AvgIpc) is 3.48. The molecular formula is C24H38N4O2. The van der Waals surface area contributed by atoms with E-state index in [1.807, 2.05) is 0 Å². The van der Waals surface area contributed by atoms with Crippen molar-refractivity contribution in [2.45, 2.75) is 64.3 Å². The Balaban J connectivity index is 1.32. The fourth-order valence-electron chi connectivity index (χ4n) is 4.81. The van der Waals surface area contributed by atoms with Gasteiger partial charge in [-0.3, -0.25) is 4.90 Å². The van der Waals surface area contributed by atoms with Crippen molar-refractivity contribution in [2.24, 2.45) is 4.99 Å². The third-order valence-corrected chi connectivity index (χ3v) is 6.51. The molecule has 0 radical (unpaired) electrons. The summed E-state index contributed by atoms with van der Waals surface area (Å²) in [6.45, 7) is 10.8. The summed E-state index contributed by atoms with van der Waals surface area (Å²) in [5.41, 5.74) is 2.48. The molecule has 1 atom stereocenters. The van der Waals surface area contributed by atoms with E-state index in [1.165, 1.54) is 43.5 Å². The van der Waals surface area contributed by atoms with Gasteiger partial charge in [0.15, 0.2) is 5.96 Å². The van der Waals surface area contributed by atoms with Crippen LogP contribution in [0, 0.1) is 0 Å². The number of ether oxygens (including phenoxy) is 2. The van der Waals surface area contributed by atoms with Gasteiger partial charge < -0.3 is 19.7 Å². The monoisotopic (exact) mass is 414 g/mol. The first kappa shape index (κ1) is 21.6. The van der Waals surface area contributed by atoms with Crippen LogP contribution in [0.25, 0.3) is 0 Å². The summed E-state index contributed by atoms with van der Waals surface area (Å²) in [6.07, 6.45) is 6.32. The van der Waals surface area contributed by atoms with Gasteiger partial charge in [0.2, 0.25) is 0 Å². The molecule has 0 bridgehead atoms. The van der Waals surface area contributed by atoms with Crippen LogP contribution in [0.15, 0.2) is 29.3 Å². The number of hydrogen-bond acceptors (Lipinski definition) is 4. The lowest BCUT2D eigenvalue weighted by molar-refractivity contribution is -0.0390. The molecule has 3 aliphatic rings. The van der Waals surface area contributed by atoms with Crippen LogP contribution < -0.4 is 5.32 Å². The highest BCUT2D eigenvalue weighted by Crippen LogP contribution is 2.21. The molecule has 3 aliphatic heterocycles. The number of likely N-dealkylation sites (tertiary alicyclic amines) is 2. The Morgan fingerprint density at radius 2 is 1.93 bits per heavy atom. The first-order chi connectivity index (χ1) is 14.8. The fourth-order valence-corrected chi connectivity index (χ4v) is 4.81. The zero-order chi connectivity index (χ0) is 20.6. The van der Waals surface area contributed by atoms with Gasteiger partial charge in [0.1, 0.15) is 0 Å². The van der Waals surface area contributed by atoms with Crippen LogP contribution in [-0.4, -0.2) is 73.8 Å². The number of nitrogens with zero attached hydrogens (tertiary/aromatic N) is 3. The minimum atomic E-state index is 0.333. The Morgan fingerprint density at radius 3 is 2.73 bits per heavy atom. The van der Waals surface area contributed by atoms with E-state index in [9.17, 15) is 0 Å². The SMILES string of the molecule is CCNC(=NCc1cccc(COC2CCOCC2)c1)N1CCC(N2CCCC2)C1. The molecule has 6 heteroatoms. The van der Waals surface area contributed by atoms with Gasteiger partial charge in [-0.05, 0) is 63.2 Å². The first-order valence-corrected chi connectivity index (χ1v) is 11.9. The third-order valence-electron chi connectivity index (χ3n) is 6.51. The van der Waals surface area contributed by atoms with E-state index in [1.54, 1.807) is 0 Å². The molecule has 4 rings (SSSR count). The predicted octanol–water partition coefficient (Wildman–Crippen LogP) is 3.02. The van der Waals surface area contributed by atoms with E-state index < -0.39 is 0 Å². The molecule has 3 fully saturated rings. The van der Waals surface area contributed by atoms with Crippen LogP contribution >= 0.6 is 0 Å². The Morgan fingerprint density at radius 1 is 1.13 bits per heavy atom. The van der Waals surface area contributed by atoms with Crippen molar-refractivity contribution in [1.29, 1.82) is 0 Å². The molecule has 6 nitrogen and oxygen atoms in total. The molecule has 0 amide bonds. The van der Waals surface area contributed by atoms with E-state index in [0.29, 0.717) is 25.3 Å². The zero-order valence-corrected chi connectivity index (χ0v) is 18.5. The van der Waals surface area contributed by atoms with Crippen molar-refractivity contribution in [3.8, 4) is 0 Å². The molecule has 3 heterocycles. The summed E-state index contributed by atoms with van der Waals surface area (Å²) in [6, 6.07) is 9.38. The Bertz CT molecular complexity index is 684. The molecule has 1 N–H and O–H groups in total. The van der Waals surface area contributed by atoms with Crippen molar-refractivity contribution in [2.75, 3.05) is 45.9 Å². The maximum atomic E-state index is 6.09. The molecule has 30 heavy (non-hydrogen) atoms. The lowest BCUT2D eigenvalue weighted by atomic mass is 10.1. The first-order valence-electron chi connectivity index (χ1n) is 11.9. The van der Waals surface area contributed by atoms with Crippen molar-refractivity contribution >= 4 is 5.96 Å². The largest absolute Gasteiger partial charge is 0.381 e. The summed E-state index contributed by atoms with van der Waals surface area (Å²) >= 11 is 0. The summed E-state index contributed by atoms with van der Waals surface area (Å²) in [5.74, 6) is 1.06. The molecule has 1 aromatic carbocycles. The van der Waals surface area contributed by atoms with Crippen LogP contribution in [0.3, 0.4) is 0 Å². The maximum Gasteiger partial charge on any atom is 0.194 e. The number of hydrogen-bond donors (Lipinski definition) is 1. The number of rotatable bonds is 7. The minimum absolute atomic E-state index is 0.333. The smallest absolute Gasteiger partial charge is 0.194 e. The standard InChI is InChI=1S/C24H38N4O2/c1-2-25-24(28-13-8-22(18-28)27-11-3-4-12-27)26-17-20-6-5-7-21(16-20)19-30-23-9-14-29-15-10-23/h5-7,16,22-23H,2-4,8-15,17-19H2,1H3,(H,25,26). The second kappa shape index (κ2) is 11.1. The second-order valence-electron chi connectivity index (χ2n) is 8.74. The average molecular weight is 415 g/mol. The fraction of sp³-hybridized carbons (Fsp3) is 0.708. The molecule has 3 saturated heterocycles. The number of aliphatic imine (C=N–C) groups is 1. The summed E-state index contributed by atoms with van der Waals surface area (Å²) < 4.78 is 11.5. The maximum absolute atomic E-state index is 6.09. The Labute approximate surface area is 181 Å². The number of benzene rings is 1. The van der Waals surface area contributed by atoms with Gasteiger partial charge in [0.25, 0.3) is 0 Å². The van der Waals surface area contributed by atoms with Crippen LogP contribution in [0.1, 0.15) is 50.2 Å². The normalized spacial score (nSPS) is 24.0. The highest BCUT2D eigenvalue weighted by atomic mass is 16.5. The molecule has 0 spiro atoms. The summed E-state index contributed by atoms with van der Waals surface area (Å²) in [5, 5.41) is 3.51. The van der Waals surface area contributed by atoms with E-state index in [2.05, 4.69) is 46.3 Å². The highest BCUT2D eigenvalue weighted by Gasteiger charge is 2.30. The Hall–Kier alpha value is -1.63. The topological polar surface area (TPSA) is 49.3 Å². The quantitative estimate of drug-likeness (QED) is 0.549. The molecule has 1 unspecified atom stereocenters. The number of nitrogens with one attached hydrogen (secondary N) is 1. The molecular weight excluding hydrogens is 376 g/mol. The van der Waals surface area contributed by atoms with Crippen molar-refractivity contribution in [3.63, 3.8) is 0 Å². The van der Waals surface area contributed by atoms with Crippen molar-refractivity contribution in [1.82, 2.24) is 15.1 Å². The van der Waals surface area contributed by atoms with E-state index >= 15 is 0 Å². The Kier molecular flexibility index (Phi) is 8.01. The van der Waals surface area contributed by atoms with Crippen LogP contribution in [0.4, 0.5) is 0 Å². The predicted molar refractivity (Wildman–Crippen MR) is 121 cm³/mol. The zero-order valence-electron chi connectivity index (χ0n) is 18.5. The number of guanidine groups is 1. The molecule has 0 saturated carbocycles. The second-order valence-corrected chi connectivity index (χ2v) is 8.74. The lowest BCUT2D eigenvalue weighted by Gasteiger charge is -2.25. The summed E-state index contributed by atoms with van der Waals surface area (Å²) in [7, 11) is 0. The highest BCUT2D eigenvalue weighted by molar-refractivity contribution is 5.80. The lowest BCUT2D eigenvalue weighted by Crippen LogP contribution is -2.42. The van der Waals surface area contributed by atoms with Crippen molar-refractivity contribution in [3.05, 3.63) is 35.4 Å².